The van der Waals surface area contributed by atoms with Crippen molar-refractivity contribution in [2.24, 2.45) is 0 Å². The summed E-state index contributed by atoms with van der Waals surface area (Å²) in [5.74, 6) is 0. The highest BCUT2D eigenvalue weighted by Gasteiger charge is 2.38. The highest BCUT2D eigenvalue weighted by molar-refractivity contribution is 6.13. The van der Waals surface area contributed by atoms with E-state index in [-0.39, 0.29) is 56.5 Å². The molecule has 8 aromatic carbocycles. The minimum Gasteiger partial charge on any atom is -0.319 e. The molecule has 0 aliphatic heterocycles. The Morgan fingerprint density at radius 1 is 0.414 bits per heavy atom. The van der Waals surface area contributed by atoms with Crippen LogP contribution in [0.2, 0.25) is 0 Å². The van der Waals surface area contributed by atoms with Gasteiger partial charge in [-0.05, 0) is 125 Å². The van der Waals surface area contributed by atoms with E-state index < -0.39 is 52.5 Å². The van der Waals surface area contributed by atoms with E-state index in [1.165, 1.54) is 56.3 Å². The number of fused-ring (bicyclic) bond motifs is 6. The van der Waals surface area contributed by atoms with Gasteiger partial charge in [-0.3, -0.25) is 0 Å². The van der Waals surface area contributed by atoms with Crippen LogP contribution < -0.4 is 0 Å². The molecule has 0 fully saturated rings. The van der Waals surface area contributed by atoms with Crippen molar-refractivity contribution >= 4 is 49.3 Å². The highest BCUT2D eigenvalue weighted by Crippen LogP contribution is 2.50. The van der Waals surface area contributed by atoms with Crippen LogP contribution >= 0.6 is 0 Å². The van der Waals surface area contributed by atoms with Crippen molar-refractivity contribution in [3.05, 3.63) is 196 Å². The summed E-state index contributed by atoms with van der Waals surface area (Å²) < 4.78 is 176. The number of hydrogen-bond acceptors (Lipinski definition) is 0. The molecule has 70 heavy (non-hydrogen) atoms. The molecule has 2 heterocycles. The quantitative estimate of drug-likeness (QED) is 0.121. The predicted octanol–water partition coefficient (Wildman–Crippen LogP) is 18.1. The molecule has 3 nitrogen and oxygen atoms in total. The summed E-state index contributed by atoms with van der Waals surface area (Å²) in [5.41, 5.74) is -3.37. The lowest BCUT2D eigenvalue weighted by atomic mass is 9.92. The molecule has 15 heteroatoms. The first-order valence-corrected chi connectivity index (χ1v) is 21.3. The van der Waals surface area contributed by atoms with Gasteiger partial charge in [-0.15, -0.1) is 0 Å². The number of rotatable bonds is 5. The summed E-state index contributed by atoms with van der Waals surface area (Å²) in [6.07, 6.45) is -19.9. The molecule has 0 bridgehead atoms. The van der Waals surface area contributed by atoms with E-state index in [1.807, 2.05) is 0 Å². The van der Waals surface area contributed by atoms with Crippen LogP contribution in [0.1, 0.15) is 33.4 Å². The van der Waals surface area contributed by atoms with Crippen LogP contribution in [0, 0.1) is 20.4 Å². The van der Waals surface area contributed by atoms with Gasteiger partial charge in [0.2, 0.25) is 5.69 Å². The Morgan fingerprint density at radius 3 is 1.43 bits per heavy atom. The summed E-state index contributed by atoms with van der Waals surface area (Å²) in [4.78, 5) is 4.06. The Kier molecular flexibility index (Phi) is 10.5. The van der Waals surface area contributed by atoms with Gasteiger partial charge in [-0.1, -0.05) is 84.9 Å². The van der Waals surface area contributed by atoms with Crippen molar-refractivity contribution in [2.45, 2.75) is 38.6 Å². The molecule has 0 saturated carbocycles. The normalized spacial score (nSPS) is 12.7. The molecular weight excluding hydrogens is 931 g/mol. The zero-order chi connectivity index (χ0) is 49.8. The Balaban J connectivity index is 1.34. The number of benzene rings is 8. The molecule has 350 valence electrons. The first-order chi connectivity index (χ1) is 33.0. The maximum atomic E-state index is 15.2. The van der Waals surface area contributed by atoms with E-state index in [4.69, 9.17) is 6.57 Å². The summed E-state index contributed by atoms with van der Waals surface area (Å²) in [5, 5.41) is 2.21. The maximum Gasteiger partial charge on any atom is 0.417 e. The van der Waals surface area contributed by atoms with E-state index >= 15 is 13.2 Å². The molecule has 0 N–H and O–H groups in total. The molecule has 10 rings (SSSR count). The van der Waals surface area contributed by atoms with Crippen LogP contribution in [0.4, 0.5) is 58.4 Å². The highest BCUT2D eigenvalue weighted by atomic mass is 19.4. The van der Waals surface area contributed by atoms with Gasteiger partial charge in [0.1, 0.15) is 0 Å². The lowest BCUT2D eigenvalue weighted by molar-refractivity contribution is -0.143. The fourth-order valence-corrected chi connectivity index (χ4v) is 9.58. The lowest BCUT2D eigenvalue weighted by Gasteiger charge is -2.23. The van der Waals surface area contributed by atoms with Gasteiger partial charge in [0, 0.05) is 21.5 Å². The first kappa shape index (κ1) is 45.8. The molecule has 0 radical (unpaired) electrons. The van der Waals surface area contributed by atoms with Crippen LogP contribution in [-0.4, -0.2) is 9.13 Å². The average Bonchev–Trinajstić information content (AvgIpc) is 3.81. The second-order valence-corrected chi connectivity index (χ2v) is 17.0. The standard InChI is InChI=1S/C55H31F12N3/c1-29-21-33(23-35(22-29)52(56,57)58)31-15-18-41-39-11-5-7-14-45(39)70(48(41)27-31)51-42(49-30(2)9-8-12-43(49)55(65,66)67)19-20-46(50(51)68-3)69-44-13-6-4-10-38(44)40-17-16-32(26-47(40)69)34-24-36(53(59,60)61)28-37(25-34)54(62,63)64/h4-28H,1-2H3. The molecule has 0 aliphatic carbocycles. The van der Waals surface area contributed by atoms with Crippen LogP contribution in [0.5, 0.6) is 0 Å². The Bertz CT molecular complexity index is 3790. The zero-order valence-corrected chi connectivity index (χ0v) is 36.3. The van der Waals surface area contributed by atoms with Crippen molar-refractivity contribution in [1.82, 2.24) is 9.13 Å². The number of halogens is 12. The largest absolute Gasteiger partial charge is 0.417 e. The monoisotopic (exact) mass is 961 g/mol. The predicted molar refractivity (Wildman–Crippen MR) is 247 cm³/mol. The maximum absolute atomic E-state index is 15.2. The van der Waals surface area contributed by atoms with Crippen LogP contribution in [0.25, 0.3) is 93.2 Å². The van der Waals surface area contributed by atoms with Gasteiger partial charge < -0.3 is 9.13 Å². The minimum atomic E-state index is -5.14. The zero-order valence-electron chi connectivity index (χ0n) is 36.3. The third-order valence-electron chi connectivity index (χ3n) is 12.6. The number of nitrogens with zero attached hydrogens (tertiary/aromatic N) is 3. The number of para-hydroxylation sites is 2. The van der Waals surface area contributed by atoms with E-state index in [2.05, 4.69) is 4.85 Å². The molecular formula is C55H31F12N3. The first-order valence-electron chi connectivity index (χ1n) is 21.3. The second kappa shape index (κ2) is 16.0. The van der Waals surface area contributed by atoms with Gasteiger partial charge >= 0.3 is 24.7 Å². The fraction of sp³-hybridized carbons (Fsp3) is 0.109. The smallest absolute Gasteiger partial charge is 0.319 e. The molecule has 0 aliphatic rings. The fourth-order valence-electron chi connectivity index (χ4n) is 9.58. The Labute approximate surface area is 389 Å². The third-order valence-corrected chi connectivity index (χ3v) is 12.6. The average molecular weight is 962 g/mol. The molecule has 0 unspecified atom stereocenters. The molecule has 0 amide bonds. The molecule has 2 aromatic heterocycles. The number of aryl methyl sites for hydroxylation is 2. The molecule has 0 atom stereocenters. The van der Waals surface area contributed by atoms with Gasteiger partial charge in [0.25, 0.3) is 0 Å². The van der Waals surface area contributed by atoms with Crippen LogP contribution in [0.15, 0.2) is 152 Å². The van der Waals surface area contributed by atoms with Crippen molar-refractivity contribution < 1.29 is 52.7 Å². The third kappa shape index (κ3) is 7.67. The van der Waals surface area contributed by atoms with E-state index in [1.54, 1.807) is 81.9 Å². The summed E-state index contributed by atoms with van der Waals surface area (Å²) in [7, 11) is 0. The van der Waals surface area contributed by atoms with Crippen molar-refractivity contribution in [3.63, 3.8) is 0 Å². The van der Waals surface area contributed by atoms with Crippen molar-refractivity contribution in [3.8, 4) is 44.8 Å². The number of hydrogen-bond donors (Lipinski definition) is 0. The van der Waals surface area contributed by atoms with Crippen molar-refractivity contribution in [2.75, 3.05) is 0 Å². The van der Waals surface area contributed by atoms with E-state index in [0.717, 1.165) is 18.2 Å². The number of aromatic nitrogens is 2. The van der Waals surface area contributed by atoms with Gasteiger partial charge in [-0.25, -0.2) is 4.85 Å². The van der Waals surface area contributed by atoms with Gasteiger partial charge in [0.05, 0.1) is 62.3 Å². The summed E-state index contributed by atoms with van der Waals surface area (Å²) in [6, 6.07) is 34.4. The second-order valence-electron chi connectivity index (χ2n) is 17.0. The van der Waals surface area contributed by atoms with Gasteiger partial charge in [-0.2, -0.15) is 52.7 Å². The molecule has 0 saturated heterocycles. The topological polar surface area (TPSA) is 14.2 Å². The van der Waals surface area contributed by atoms with E-state index in [0.29, 0.717) is 61.4 Å². The summed E-state index contributed by atoms with van der Waals surface area (Å²) in [6.45, 7) is 11.9. The van der Waals surface area contributed by atoms with Gasteiger partial charge in [0.15, 0.2) is 0 Å². The number of alkyl halides is 12. The van der Waals surface area contributed by atoms with Crippen LogP contribution in [-0.2, 0) is 24.7 Å². The van der Waals surface area contributed by atoms with Crippen LogP contribution in [0.3, 0.4) is 0 Å². The Morgan fingerprint density at radius 2 is 0.900 bits per heavy atom. The van der Waals surface area contributed by atoms with Crippen molar-refractivity contribution in [1.29, 1.82) is 0 Å². The lowest BCUT2D eigenvalue weighted by Crippen LogP contribution is -2.11. The SMILES string of the molecule is [C-]#[N+]c1c(-n2c3ccccc3c3ccc(-c4cc(C(F)(F)F)cc(C(F)(F)F)c4)cc32)ccc(-c2c(C)cccc2C(F)(F)F)c1-n1c2ccccc2c2ccc(-c3cc(C)cc(C(F)(F)F)c3)cc21. The molecule has 0 spiro atoms. The Hall–Kier alpha value is -7.99. The summed E-state index contributed by atoms with van der Waals surface area (Å²) >= 11 is 0. The minimum absolute atomic E-state index is 0.0288. The van der Waals surface area contributed by atoms with E-state index in [9.17, 15) is 39.5 Å². The molecule has 10 aromatic rings.